The molecule has 244 valence electrons. The van der Waals surface area contributed by atoms with Crippen molar-refractivity contribution in [1.29, 1.82) is 0 Å². The molecule has 0 radical (unpaired) electrons. The molecule has 1 fully saturated rings. The van der Waals surface area contributed by atoms with Crippen LogP contribution in [0.2, 0.25) is 0 Å². The number of aromatic nitrogens is 8. The number of anilines is 2. The van der Waals surface area contributed by atoms with Crippen LogP contribution in [0.25, 0.3) is 39.0 Å². The Balaban J connectivity index is 1.21. The van der Waals surface area contributed by atoms with E-state index in [1.807, 2.05) is 36.1 Å². The Morgan fingerprint density at radius 3 is 2.79 bits per heavy atom. The summed E-state index contributed by atoms with van der Waals surface area (Å²) in [7, 11) is 1.78. The monoisotopic (exact) mass is 651 g/mol. The van der Waals surface area contributed by atoms with Crippen LogP contribution in [-0.2, 0) is 16.1 Å². The number of fused-ring (bicyclic) bond motifs is 6. The van der Waals surface area contributed by atoms with Crippen LogP contribution in [0.15, 0.2) is 67.5 Å². The highest BCUT2D eigenvalue weighted by Crippen LogP contribution is 2.34. The quantitative estimate of drug-likeness (QED) is 0.300. The highest BCUT2D eigenvalue weighted by molar-refractivity contribution is 5.93. The molecule has 2 aliphatic heterocycles. The molecule has 1 N–H and O–H groups in total. The van der Waals surface area contributed by atoms with Gasteiger partial charge in [0.1, 0.15) is 29.7 Å². The van der Waals surface area contributed by atoms with Crippen molar-refractivity contribution in [3.63, 3.8) is 0 Å². The zero-order chi connectivity index (χ0) is 32.9. The van der Waals surface area contributed by atoms with E-state index in [9.17, 15) is 13.6 Å². The summed E-state index contributed by atoms with van der Waals surface area (Å²) in [6.07, 6.45) is 6.51. The molecule has 8 rings (SSSR count). The molecule has 6 heterocycles. The molecule has 4 aromatic heterocycles. The first kappa shape index (κ1) is 29.8. The largest absolute Gasteiger partial charge is 0.375 e. The lowest BCUT2D eigenvalue weighted by atomic mass is 10.1. The number of nitrogens with zero attached hydrogens (tertiary/aromatic N) is 10. The van der Waals surface area contributed by atoms with Gasteiger partial charge in [0.05, 0.1) is 47.3 Å². The first-order valence-electron chi connectivity index (χ1n) is 15.7. The Kier molecular flexibility index (Phi) is 7.39. The topological polar surface area (TPSA) is 132 Å². The van der Waals surface area contributed by atoms with Crippen LogP contribution in [0.4, 0.5) is 20.5 Å². The molecule has 0 spiro atoms. The number of rotatable bonds is 4. The maximum absolute atomic E-state index is 14.8. The summed E-state index contributed by atoms with van der Waals surface area (Å²) in [6, 6.07) is 10.2. The van der Waals surface area contributed by atoms with E-state index in [1.54, 1.807) is 24.5 Å². The number of benzene rings is 2. The Morgan fingerprint density at radius 1 is 1.04 bits per heavy atom. The van der Waals surface area contributed by atoms with Gasteiger partial charge in [0.25, 0.3) is 0 Å². The van der Waals surface area contributed by atoms with Crippen LogP contribution in [0, 0.1) is 11.6 Å². The van der Waals surface area contributed by atoms with Crippen molar-refractivity contribution in [2.24, 2.45) is 0 Å². The number of carbonyl (C=O) groups excluding carboxylic acids is 1. The van der Waals surface area contributed by atoms with Gasteiger partial charge >= 0.3 is 0 Å². The molecular weight excluding hydrogens is 620 g/mol. The Bertz CT molecular complexity index is 2170. The molecule has 15 heteroatoms. The predicted molar refractivity (Wildman–Crippen MR) is 174 cm³/mol. The third kappa shape index (κ3) is 5.15. The standard InChI is InChI=1S/C33H31F2N11O2/c1-3-48-21-15-43(2)32(47)28-12-20(41-33-36-10-9-25(42-33)22-5-4-6-26-29(22)44(16-21)18-39-26)14-45(28)30-23-13-40-46(31(23)38-17-37-30)27-8-7-19(34)11-24(27)35/h4-11,13,17-18,20-21,28H,3,12,14-16H2,1-2H3,(H,36,41,42)/t20-,21+,28-/m0/s1. The molecule has 3 atom stereocenters. The number of imidazole rings is 1. The summed E-state index contributed by atoms with van der Waals surface area (Å²) in [6.45, 7) is 3.60. The van der Waals surface area contributed by atoms with E-state index < -0.39 is 17.7 Å². The summed E-state index contributed by atoms with van der Waals surface area (Å²) >= 11 is 0. The smallest absolute Gasteiger partial charge is 0.245 e. The van der Waals surface area contributed by atoms with Crippen LogP contribution in [0.3, 0.4) is 0 Å². The molecule has 0 aliphatic carbocycles. The number of nitrogens with one attached hydrogen (secondary N) is 1. The highest BCUT2D eigenvalue weighted by atomic mass is 19.1. The number of ether oxygens (including phenoxy) is 1. The molecule has 0 unspecified atom stereocenters. The minimum atomic E-state index is -0.779. The molecule has 13 nitrogen and oxygen atoms in total. The minimum absolute atomic E-state index is 0.0431. The van der Waals surface area contributed by atoms with Gasteiger partial charge in [-0.15, -0.1) is 0 Å². The third-order valence-corrected chi connectivity index (χ3v) is 8.90. The van der Waals surface area contributed by atoms with E-state index in [0.29, 0.717) is 55.5 Å². The predicted octanol–water partition coefficient (Wildman–Crippen LogP) is 3.84. The fourth-order valence-electron chi connectivity index (χ4n) is 6.80. The highest BCUT2D eigenvalue weighted by Gasteiger charge is 2.41. The summed E-state index contributed by atoms with van der Waals surface area (Å²) in [5.74, 6) is -0.695. The van der Waals surface area contributed by atoms with E-state index in [2.05, 4.69) is 34.9 Å². The number of para-hydroxylation sites is 1. The maximum Gasteiger partial charge on any atom is 0.245 e. The molecule has 0 saturated carbocycles. The number of hydrogen-bond acceptors (Lipinski definition) is 10. The number of halogens is 2. The van der Waals surface area contributed by atoms with Crippen molar-refractivity contribution in [2.75, 3.05) is 37.0 Å². The van der Waals surface area contributed by atoms with Crippen molar-refractivity contribution < 1.29 is 18.3 Å². The second-order valence-electron chi connectivity index (χ2n) is 12.0. The molecule has 2 aliphatic rings. The molecule has 2 aromatic carbocycles. The van der Waals surface area contributed by atoms with Gasteiger partial charge in [0, 0.05) is 50.6 Å². The van der Waals surface area contributed by atoms with Gasteiger partial charge in [-0.05, 0) is 37.6 Å². The second kappa shape index (κ2) is 11.9. The van der Waals surface area contributed by atoms with Crippen molar-refractivity contribution in [1.82, 2.24) is 44.2 Å². The molecule has 1 amide bonds. The second-order valence-corrected chi connectivity index (χ2v) is 12.0. The summed E-state index contributed by atoms with van der Waals surface area (Å²) < 4.78 is 38.0. The zero-order valence-electron chi connectivity index (χ0n) is 26.2. The van der Waals surface area contributed by atoms with E-state index >= 15 is 0 Å². The van der Waals surface area contributed by atoms with E-state index in [-0.39, 0.29) is 23.7 Å². The van der Waals surface area contributed by atoms with Gasteiger partial charge in [-0.25, -0.2) is 38.4 Å². The van der Waals surface area contributed by atoms with Crippen LogP contribution in [-0.4, -0.2) is 95.0 Å². The lowest BCUT2D eigenvalue weighted by Gasteiger charge is -2.31. The lowest BCUT2D eigenvalue weighted by molar-refractivity contribution is -0.133. The molecule has 6 aromatic rings. The first-order chi connectivity index (χ1) is 23.4. The normalized spacial score (nSPS) is 19.8. The van der Waals surface area contributed by atoms with Gasteiger partial charge in [-0.3, -0.25) is 4.79 Å². The first-order valence-corrected chi connectivity index (χ1v) is 15.7. The number of hydrogen-bond donors (Lipinski definition) is 1. The number of likely N-dealkylation sites (N-methyl/N-ethyl adjacent to an activating group) is 1. The van der Waals surface area contributed by atoms with E-state index in [0.717, 1.165) is 34.4 Å². The van der Waals surface area contributed by atoms with Crippen molar-refractivity contribution >= 4 is 39.7 Å². The van der Waals surface area contributed by atoms with Crippen molar-refractivity contribution in [2.45, 2.75) is 38.1 Å². The number of amides is 1. The summed E-state index contributed by atoms with van der Waals surface area (Å²) in [5, 5.41) is 8.35. The van der Waals surface area contributed by atoms with Crippen LogP contribution in [0.1, 0.15) is 13.3 Å². The van der Waals surface area contributed by atoms with E-state index in [1.165, 1.54) is 23.3 Å². The SMILES string of the molecule is CCO[C@@H]1CN(C)C(=O)[C@@H]2C[C@@H](CN2c2ncnc3c2cnn3-c2ccc(F)cc2F)Nc2nccc(n2)-c2cccc3ncn(c23)C1. The van der Waals surface area contributed by atoms with Gasteiger partial charge in [0.2, 0.25) is 11.9 Å². The van der Waals surface area contributed by atoms with Crippen LogP contribution >= 0.6 is 0 Å². The average Bonchev–Trinajstić information content (AvgIpc) is 3.81. The average molecular weight is 652 g/mol. The van der Waals surface area contributed by atoms with Crippen molar-refractivity contribution in [3.8, 4) is 16.9 Å². The zero-order valence-corrected chi connectivity index (χ0v) is 26.2. The fraction of sp³-hybridized carbons (Fsp3) is 0.303. The van der Waals surface area contributed by atoms with Gasteiger partial charge in [-0.1, -0.05) is 12.1 Å². The molecule has 1 saturated heterocycles. The molecule has 48 heavy (non-hydrogen) atoms. The molecule has 4 bridgehead atoms. The minimum Gasteiger partial charge on any atom is -0.375 e. The Labute approximate surface area is 273 Å². The van der Waals surface area contributed by atoms with Crippen LogP contribution < -0.4 is 10.2 Å². The van der Waals surface area contributed by atoms with Crippen LogP contribution in [0.5, 0.6) is 0 Å². The number of carbonyl (C=O) groups is 1. The Hall–Kier alpha value is -5.57. The fourth-order valence-corrected chi connectivity index (χ4v) is 6.80. The lowest BCUT2D eigenvalue weighted by Crippen LogP contribution is -2.47. The van der Waals surface area contributed by atoms with Gasteiger partial charge < -0.3 is 24.4 Å². The van der Waals surface area contributed by atoms with Crippen molar-refractivity contribution in [3.05, 3.63) is 79.1 Å². The van der Waals surface area contributed by atoms with E-state index in [4.69, 9.17) is 9.72 Å². The summed E-state index contributed by atoms with van der Waals surface area (Å²) in [5.41, 5.74) is 3.77. The summed E-state index contributed by atoms with van der Waals surface area (Å²) in [4.78, 5) is 41.0. The van der Waals surface area contributed by atoms with Gasteiger partial charge in [0.15, 0.2) is 11.5 Å². The third-order valence-electron chi connectivity index (χ3n) is 8.90. The molecular formula is C33H31F2N11O2. The maximum atomic E-state index is 14.8. The Morgan fingerprint density at radius 2 is 1.94 bits per heavy atom. The van der Waals surface area contributed by atoms with Gasteiger partial charge in [-0.2, -0.15) is 5.10 Å².